The van der Waals surface area contributed by atoms with Crippen molar-refractivity contribution in [2.75, 3.05) is 6.61 Å². The minimum Gasteiger partial charge on any atom is -0.488 e. The number of halogens is 1. The zero-order valence-corrected chi connectivity index (χ0v) is 12.6. The molecule has 7 heteroatoms. The van der Waals surface area contributed by atoms with Crippen molar-refractivity contribution < 1.29 is 18.4 Å². The molecule has 1 unspecified atom stereocenters. The highest BCUT2D eigenvalue weighted by Gasteiger charge is 2.26. The summed E-state index contributed by atoms with van der Waals surface area (Å²) in [5.74, 6) is -0.127. The number of benzene rings is 1. The van der Waals surface area contributed by atoms with Crippen LogP contribution in [0.2, 0.25) is 0 Å². The van der Waals surface area contributed by atoms with E-state index in [2.05, 4.69) is 15.5 Å². The van der Waals surface area contributed by atoms with Crippen molar-refractivity contribution in [3.05, 3.63) is 59.2 Å². The first-order valence-corrected chi connectivity index (χ1v) is 7.33. The molecule has 6 nitrogen and oxygen atoms in total. The molecule has 0 radical (unpaired) electrons. The number of carbonyl (C=O) groups is 1. The van der Waals surface area contributed by atoms with Crippen LogP contribution in [0.25, 0.3) is 0 Å². The summed E-state index contributed by atoms with van der Waals surface area (Å²) in [5, 5.41) is 6.52. The lowest BCUT2D eigenvalue weighted by Gasteiger charge is -2.19. The van der Waals surface area contributed by atoms with Crippen molar-refractivity contribution in [3.8, 4) is 0 Å². The Balaban J connectivity index is 1.91. The highest BCUT2D eigenvalue weighted by molar-refractivity contribution is 5.92. The highest BCUT2D eigenvalue weighted by Crippen LogP contribution is 2.23. The van der Waals surface area contributed by atoms with Crippen LogP contribution < -0.4 is 5.32 Å². The summed E-state index contributed by atoms with van der Waals surface area (Å²) in [4.78, 5) is 16.5. The smallest absolute Gasteiger partial charge is 0.286 e. The molecule has 23 heavy (non-hydrogen) atoms. The highest BCUT2D eigenvalue weighted by atomic mass is 19.1. The largest absolute Gasteiger partial charge is 0.488 e. The molecule has 1 aromatic carbocycles. The summed E-state index contributed by atoms with van der Waals surface area (Å²) in [5.41, 5.74) is 0.262. The van der Waals surface area contributed by atoms with Crippen LogP contribution in [0.3, 0.4) is 0 Å². The number of hydrogen-bond donors (Lipinski definition) is 1. The van der Waals surface area contributed by atoms with Gasteiger partial charge in [-0.05, 0) is 25.0 Å². The second-order valence-corrected chi connectivity index (χ2v) is 5.16. The third-order valence-electron chi connectivity index (χ3n) is 3.45. The van der Waals surface area contributed by atoms with Gasteiger partial charge < -0.3 is 14.6 Å². The third kappa shape index (κ3) is 3.39. The van der Waals surface area contributed by atoms with E-state index < -0.39 is 17.8 Å². The lowest BCUT2D eigenvalue weighted by atomic mass is 10.1. The number of nitrogens with one attached hydrogen (secondary N) is 1. The Labute approximate surface area is 132 Å². The molecule has 1 atom stereocenters. The van der Waals surface area contributed by atoms with E-state index in [0.717, 1.165) is 12.8 Å². The predicted octanol–water partition coefficient (Wildman–Crippen LogP) is 2.42. The van der Waals surface area contributed by atoms with Crippen LogP contribution in [0.1, 0.15) is 36.2 Å². The molecular weight excluding hydrogens is 301 g/mol. The Morgan fingerprint density at radius 2 is 2.22 bits per heavy atom. The number of allylic oxidation sites excluding steroid dienone is 1. The van der Waals surface area contributed by atoms with Gasteiger partial charge in [0.25, 0.3) is 5.91 Å². The van der Waals surface area contributed by atoms with Crippen LogP contribution in [0.15, 0.2) is 40.6 Å². The summed E-state index contributed by atoms with van der Waals surface area (Å²) >= 11 is 0. The van der Waals surface area contributed by atoms with Crippen molar-refractivity contribution >= 4 is 5.91 Å². The van der Waals surface area contributed by atoms with Gasteiger partial charge in [-0.25, -0.2) is 4.39 Å². The second kappa shape index (κ2) is 6.60. The van der Waals surface area contributed by atoms with Gasteiger partial charge in [-0.3, -0.25) is 4.79 Å². The third-order valence-corrected chi connectivity index (χ3v) is 3.45. The van der Waals surface area contributed by atoms with Gasteiger partial charge in [0.05, 0.1) is 6.61 Å². The van der Waals surface area contributed by atoms with Crippen LogP contribution in [0, 0.1) is 12.7 Å². The SMILES string of the molecule is Cc1nc(C(NC(=O)C2=CCCCO2)c2ccccc2F)no1. The number of amides is 1. The minimum atomic E-state index is -0.854. The van der Waals surface area contributed by atoms with Crippen molar-refractivity contribution in [3.63, 3.8) is 0 Å². The fourth-order valence-corrected chi connectivity index (χ4v) is 2.34. The molecule has 0 saturated heterocycles. The van der Waals surface area contributed by atoms with Gasteiger partial charge in [-0.15, -0.1) is 0 Å². The molecular formula is C16H16FN3O3. The fraction of sp³-hybridized carbons (Fsp3) is 0.312. The van der Waals surface area contributed by atoms with Gasteiger partial charge in [0.2, 0.25) is 5.89 Å². The molecule has 1 aliphatic heterocycles. The maximum atomic E-state index is 14.1. The van der Waals surface area contributed by atoms with E-state index in [1.807, 2.05) is 0 Å². The summed E-state index contributed by atoms with van der Waals surface area (Å²) in [6.07, 6.45) is 3.37. The minimum absolute atomic E-state index is 0.192. The van der Waals surface area contributed by atoms with E-state index in [1.165, 1.54) is 6.07 Å². The normalized spacial score (nSPS) is 15.5. The average Bonchev–Trinajstić information content (AvgIpc) is 3.00. The predicted molar refractivity (Wildman–Crippen MR) is 78.7 cm³/mol. The molecule has 0 fully saturated rings. The molecule has 1 N–H and O–H groups in total. The van der Waals surface area contributed by atoms with E-state index in [4.69, 9.17) is 9.26 Å². The Morgan fingerprint density at radius 3 is 2.87 bits per heavy atom. The zero-order chi connectivity index (χ0) is 16.2. The van der Waals surface area contributed by atoms with E-state index in [0.29, 0.717) is 12.5 Å². The number of ether oxygens (including phenoxy) is 1. The van der Waals surface area contributed by atoms with Gasteiger partial charge in [-0.2, -0.15) is 4.98 Å². The fourth-order valence-electron chi connectivity index (χ4n) is 2.34. The standard InChI is InChI=1S/C16H16FN3O3/c1-10-18-15(20-23-10)14(11-6-2-3-7-12(11)17)19-16(21)13-8-4-5-9-22-13/h2-3,6-8,14H,4-5,9H2,1H3,(H,19,21). The molecule has 1 aliphatic rings. The first-order chi connectivity index (χ1) is 11.1. The molecule has 1 amide bonds. The summed E-state index contributed by atoms with van der Waals surface area (Å²) in [6.45, 7) is 2.12. The zero-order valence-electron chi connectivity index (χ0n) is 12.6. The van der Waals surface area contributed by atoms with Crippen LogP contribution in [-0.4, -0.2) is 22.7 Å². The number of hydrogen-bond acceptors (Lipinski definition) is 5. The van der Waals surface area contributed by atoms with Gasteiger partial charge in [-0.1, -0.05) is 23.4 Å². The lowest BCUT2D eigenvalue weighted by molar-refractivity contribution is -0.121. The van der Waals surface area contributed by atoms with Crippen molar-refractivity contribution in [1.29, 1.82) is 0 Å². The summed E-state index contributed by atoms with van der Waals surface area (Å²) < 4.78 is 24.4. The van der Waals surface area contributed by atoms with E-state index >= 15 is 0 Å². The van der Waals surface area contributed by atoms with Crippen LogP contribution in [0.5, 0.6) is 0 Å². The van der Waals surface area contributed by atoms with Gasteiger partial charge in [0, 0.05) is 12.5 Å². The maximum absolute atomic E-state index is 14.1. The molecule has 3 rings (SSSR count). The number of carbonyl (C=O) groups excluding carboxylic acids is 1. The molecule has 2 heterocycles. The van der Waals surface area contributed by atoms with Gasteiger partial charge >= 0.3 is 0 Å². The maximum Gasteiger partial charge on any atom is 0.286 e. The monoisotopic (exact) mass is 317 g/mol. The number of aromatic nitrogens is 2. The number of rotatable bonds is 4. The Hall–Kier alpha value is -2.70. The summed E-state index contributed by atoms with van der Waals surface area (Å²) in [7, 11) is 0. The molecule has 1 aromatic heterocycles. The molecule has 0 bridgehead atoms. The molecule has 2 aromatic rings. The Bertz CT molecular complexity index is 742. The van der Waals surface area contributed by atoms with E-state index in [1.54, 1.807) is 31.2 Å². The Morgan fingerprint density at radius 1 is 1.39 bits per heavy atom. The number of aryl methyl sites for hydroxylation is 1. The Kier molecular flexibility index (Phi) is 4.36. The van der Waals surface area contributed by atoms with Crippen molar-refractivity contribution in [2.45, 2.75) is 25.8 Å². The quantitative estimate of drug-likeness (QED) is 0.937. The molecule has 0 aliphatic carbocycles. The van der Waals surface area contributed by atoms with E-state index in [9.17, 15) is 9.18 Å². The number of nitrogens with zero attached hydrogens (tertiary/aromatic N) is 2. The van der Waals surface area contributed by atoms with E-state index in [-0.39, 0.29) is 17.1 Å². The first kappa shape index (κ1) is 15.2. The van der Waals surface area contributed by atoms with Crippen molar-refractivity contribution in [2.24, 2.45) is 0 Å². The summed E-state index contributed by atoms with van der Waals surface area (Å²) in [6, 6.07) is 5.29. The molecule has 0 saturated carbocycles. The average molecular weight is 317 g/mol. The van der Waals surface area contributed by atoms with Gasteiger partial charge in [0.1, 0.15) is 11.9 Å². The van der Waals surface area contributed by atoms with Crippen molar-refractivity contribution in [1.82, 2.24) is 15.5 Å². The lowest BCUT2D eigenvalue weighted by Crippen LogP contribution is -2.33. The first-order valence-electron chi connectivity index (χ1n) is 7.33. The topological polar surface area (TPSA) is 77.2 Å². The molecule has 0 spiro atoms. The van der Waals surface area contributed by atoms with Crippen LogP contribution >= 0.6 is 0 Å². The van der Waals surface area contributed by atoms with Gasteiger partial charge in [0.15, 0.2) is 11.6 Å². The van der Waals surface area contributed by atoms with Crippen LogP contribution in [0.4, 0.5) is 4.39 Å². The second-order valence-electron chi connectivity index (χ2n) is 5.16. The molecule has 120 valence electrons. The van der Waals surface area contributed by atoms with Crippen LogP contribution in [-0.2, 0) is 9.53 Å².